The molecular formula is C50H39NS. The van der Waals surface area contributed by atoms with Crippen LogP contribution in [0.15, 0.2) is 176 Å². The minimum Gasteiger partial charge on any atom is -0.310 e. The van der Waals surface area contributed by atoms with Crippen molar-refractivity contribution in [2.45, 2.75) is 31.6 Å². The van der Waals surface area contributed by atoms with E-state index in [1.807, 2.05) is 11.3 Å². The van der Waals surface area contributed by atoms with Gasteiger partial charge in [0.05, 0.1) is 11.4 Å². The van der Waals surface area contributed by atoms with Crippen molar-refractivity contribution >= 4 is 59.3 Å². The standard InChI is InChI=1S/C50H39NS/c1-49(2)40-21-14-22-42(48(40)50(3)32-12-11-25-45(49)50)51(41-31-28-33-15-7-8-18-37(33)46(41)35-16-5-4-6-17-35)36-29-26-34(27-30-36)38-20-13-24-44-47(38)39-19-9-10-23-43(39)52-44/h4-32,45H,1-3H3. The number of benzene rings is 7. The fraction of sp³-hybridized carbons (Fsp3) is 0.120. The van der Waals surface area contributed by atoms with Gasteiger partial charge in [-0.15, -0.1) is 11.3 Å². The summed E-state index contributed by atoms with van der Waals surface area (Å²) in [5.41, 5.74) is 11.2. The van der Waals surface area contributed by atoms with Crippen LogP contribution in [-0.2, 0) is 10.8 Å². The van der Waals surface area contributed by atoms with Gasteiger partial charge in [0.1, 0.15) is 0 Å². The van der Waals surface area contributed by atoms with Crippen LogP contribution in [0, 0.1) is 5.92 Å². The lowest BCUT2D eigenvalue weighted by molar-refractivity contribution is 0.324. The van der Waals surface area contributed by atoms with Gasteiger partial charge in [0.25, 0.3) is 0 Å². The van der Waals surface area contributed by atoms with Crippen molar-refractivity contribution in [2.75, 3.05) is 4.90 Å². The number of rotatable bonds is 5. The molecule has 0 saturated heterocycles. The first-order chi connectivity index (χ1) is 25.4. The Bertz CT molecular complexity index is 2730. The van der Waals surface area contributed by atoms with E-state index in [1.165, 1.54) is 75.7 Å². The molecule has 2 heteroatoms. The van der Waals surface area contributed by atoms with Gasteiger partial charge >= 0.3 is 0 Å². The van der Waals surface area contributed by atoms with Crippen LogP contribution < -0.4 is 4.90 Å². The second kappa shape index (κ2) is 11.7. The van der Waals surface area contributed by atoms with E-state index in [9.17, 15) is 0 Å². The van der Waals surface area contributed by atoms with Gasteiger partial charge in [-0.3, -0.25) is 0 Å². The highest BCUT2D eigenvalue weighted by Gasteiger charge is 2.53. The molecule has 2 atom stereocenters. The summed E-state index contributed by atoms with van der Waals surface area (Å²) in [6.07, 6.45) is 9.37. The second-order valence-corrected chi connectivity index (χ2v) is 16.2. The Hall–Kier alpha value is -5.70. The van der Waals surface area contributed by atoms with Gasteiger partial charge in [-0.2, -0.15) is 0 Å². The number of anilines is 3. The zero-order valence-corrected chi connectivity index (χ0v) is 30.5. The van der Waals surface area contributed by atoms with Gasteiger partial charge < -0.3 is 4.90 Å². The van der Waals surface area contributed by atoms with Crippen molar-refractivity contribution in [1.29, 1.82) is 0 Å². The molecule has 0 bridgehead atoms. The Morgan fingerprint density at radius 3 is 2.13 bits per heavy atom. The number of fused-ring (bicyclic) bond motifs is 7. The van der Waals surface area contributed by atoms with Crippen LogP contribution in [0.2, 0.25) is 0 Å². The zero-order chi connectivity index (χ0) is 35.0. The van der Waals surface area contributed by atoms with Crippen LogP contribution in [0.25, 0.3) is 53.2 Å². The van der Waals surface area contributed by atoms with Crippen molar-refractivity contribution in [3.8, 4) is 22.3 Å². The Morgan fingerprint density at radius 1 is 0.558 bits per heavy atom. The monoisotopic (exact) mass is 685 g/mol. The van der Waals surface area contributed by atoms with Crippen molar-refractivity contribution in [2.24, 2.45) is 5.92 Å². The van der Waals surface area contributed by atoms with Crippen LogP contribution in [0.1, 0.15) is 31.9 Å². The van der Waals surface area contributed by atoms with Crippen LogP contribution in [0.5, 0.6) is 0 Å². The molecule has 0 fully saturated rings. The summed E-state index contributed by atoms with van der Waals surface area (Å²) < 4.78 is 2.66. The van der Waals surface area contributed by atoms with Gasteiger partial charge in [0, 0.05) is 36.8 Å². The Morgan fingerprint density at radius 2 is 1.29 bits per heavy atom. The third-order valence-electron chi connectivity index (χ3n) is 11.8. The normalized spacial score (nSPS) is 18.6. The van der Waals surface area contributed by atoms with E-state index < -0.39 is 0 Å². The molecule has 0 spiro atoms. The van der Waals surface area contributed by atoms with E-state index in [4.69, 9.17) is 0 Å². The van der Waals surface area contributed by atoms with Gasteiger partial charge in [-0.25, -0.2) is 0 Å². The molecule has 1 nitrogen and oxygen atoms in total. The Balaban J connectivity index is 1.24. The topological polar surface area (TPSA) is 3.24 Å². The fourth-order valence-electron chi connectivity index (χ4n) is 9.53. The second-order valence-electron chi connectivity index (χ2n) is 15.1. The Kier molecular flexibility index (Phi) is 6.97. The average Bonchev–Trinajstić information content (AvgIpc) is 3.65. The first kappa shape index (κ1) is 31.1. The molecular weight excluding hydrogens is 647 g/mol. The highest BCUT2D eigenvalue weighted by molar-refractivity contribution is 7.25. The number of hydrogen-bond donors (Lipinski definition) is 0. The quantitative estimate of drug-likeness (QED) is 0.174. The molecule has 2 aliphatic rings. The third kappa shape index (κ3) is 4.54. The molecule has 2 aliphatic carbocycles. The average molecular weight is 686 g/mol. The lowest BCUT2D eigenvalue weighted by Crippen LogP contribution is -2.34. The van der Waals surface area contributed by atoms with Crippen LogP contribution in [0.4, 0.5) is 17.1 Å². The molecule has 250 valence electrons. The van der Waals surface area contributed by atoms with Crippen molar-refractivity contribution in [3.05, 3.63) is 187 Å². The van der Waals surface area contributed by atoms with Crippen LogP contribution in [-0.4, -0.2) is 0 Å². The van der Waals surface area contributed by atoms with Gasteiger partial charge in [0.2, 0.25) is 0 Å². The predicted octanol–water partition coefficient (Wildman–Crippen LogP) is 14.3. The third-order valence-corrected chi connectivity index (χ3v) is 13.0. The summed E-state index contributed by atoms with van der Waals surface area (Å²) in [6, 6.07) is 56.2. The van der Waals surface area contributed by atoms with E-state index in [-0.39, 0.29) is 10.8 Å². The molecule has 10 rings (SSSR count). The van der Waals surface area contributed by atoms with Crippen molar-refractivity contribution in [3.63, 3.8) is 0 Å². The van der Waals surface area contributed by atoms with E-state index >= 15 is 0 Å². The molecule has 8 aromatic rings. The molecule has 0 N–H and O–H groups in total. The first-order valence-corrected chi connectivity index (χ1v) is 19.1. The number of hydrogen-bond acceptors (Lipinski definition) is 2. The summed E-state index contributed by atoms with van der Waals surface area (Å²) in [5, 5.41) is 5.16. The first-order valence-electron chi connectivity index (χ1n) is 18.3. The van der Waals surface area contributed by atoms with Gasteiger partial charge in [0.15, 0.2) is 0 Å². The van der Waals surface area contributed by atoms with Crippen LogP contribution in [0.3, 0.4) is 0 Å². The van der Waals surface area contributed by atoms with E-state index in [1.54, 1.807) is 0 Å². The number of nitrogens with zero attached hydrogens (tertiary/aromatic N) is 1. The summed E-state index contributed by atoms with van der Waals surface area (Å²) in [7, 11) is 0. The van der Waals surface area contributed by atoms with E-state index in [0.29, 0.717) is 5.92 Å². The number of thiophene rings is 1. The van der Waals surface area contributed by atoms with E-state index in [0.717, 1.165) is 5.69 Å². The zero-order valence-electron chi connectivity index (χ0n) is 29.7. The summed E-state index contributed by atoms with van der Waals surface area (Å²) >= 11 is 1.87. The van der Waals surface area contributed by atoms with E-state index in [2.05, 4.69) is 202 Å². The molecule has 1 aromatic heterocycles. The minimum atomic E-state index is -0.151. The molecule has 7 aromatic carbocycles. The molecule has 2 unspecified atom stereocenters. The van der Waals surface area contributed by atoms with Crippen molar-refractivity contribution < 1.29 is 0 Å². The minimum absolute atomic E-state index is 0.0233. The van der Waals surface area contributed by atoms with Gasteiger partial charge in [-0.1, -0.05) is 160 Å². The fourth-order valence-corrected chi connectivity index (χ4v) is 10.7. The molecule has 52 heavy (non-hydrogen) atoms. The summed E-state index contributed by atoms with van der Waals surface area (Å²) in [4.78, 5) is 2.55. The highest BCUT2D eigenvalue weighted by Crippen LogP contribution is 2.60. The summed E-state index contributed by atoms with van der Waals surface area (Å²) in [6.45, 7) is 7.29. The highest BCUT2D eigenvalue weighted by atomic mass is 32.1. The smallest absolute Gasteiger partial charge is 0.0546 e. The lowest BCUT2D eigenvalue weighted by Gasteiger charge is -2.38. The predicted molar refractivity (Wildman–Crippen MR) is 225 cm³/mol. The molecule has 0 aliphatic heterocycles. The molecule has 0 radical (unpaired) electrons. The molecule has 0 amide bonds. The Labute approximate surface area is 309 Å². The lowest BCUT2D eigenvalue weighted by atomic mass is 9.67. The molecule has 0 saturated carbocycles. The molecule has 1 heterocycles. The maximum Gasteiger partial charge on any atom is 0.0546 e. The SMILES string of the molecule is CC1(C)c2cccc(N(c3ccc(-c4cccc5sc6ccccc6c45)cc3)c3ccc4ccccc4c3-c3ccccc3)c2C2(C)C=CC=CC12. The maximum atomic E-state index is 2.55. The van der Waals surface area contributed by atoms with Gasteiger partial charge in [-0.05, 0) is 86.3 Å². The summed E-state index contributed by atoms with van der Waals surface area (Å²) in [5.74, 6) is 0.358. The van der Waals surface area contributed by atoms with Crippen LogP contribution >= 0.6 is 11.3 Å². The number of allylic oxidation sites excluding steroid dienone is 4. The largest absolute Gasteiger partial charge is 0.310 e. The maximum absolute atomic E-state index is 2.55. The van der Waals surface area contributed by atoms with Crippen molar-refractivity contribution in [1.82, 2.24) is 0 Å².